The lowest BCUT2D eigenvalue weighted by atomic mass is 9.50. The molecule has 22 heavy (non-hydrogen) atoms. The smallest absolute Gasteiger partial charge is 0.131 e. The van der Waals surface area contributed by atoms with Crippen molar-refractivity contribution in [3.05, 3.63) is 65.5 Å². The second-order valence-electron chi connectivity index (χ2n) is 7.48. The van der Waals surface area contributed by atoms with E-state index in [0.29, 0.717) is 0 Å². The molecule has 0 aromatic heterocycles. The predicted octanol–water partition coefficient (Wildman–Crippen LogP) is 5.79. The summed E-state index contributed by atoms with van der Waals surface area (Å²) in [4.78, 5) is 0. The van der Waals surface area contributed by atoms with Gasteiger partial charge in [-0.15, -0.1) is 0 Å². The highest BCUT2D eigenvalue weighted by Gasteiger charge is 2.62. The molecule has 2 aliphatic rings. The summed E-state index contributed by atoms with van der Waals surface area (Å²) in [5.41, 5.74) is 2.53. The highest BCUT2D eigenvalue weighted by molar-refractivity contribution is 5.62. The number of allylic oxidation sites excluding steroid dienone is 5. The molecule has 1 aliphatic heterocycles. The van der Waals surface area contributed by atoms with Crippen LogP contribution in [-0.2, 0) is 5.41 Å². The molecule has 1 aromatic rings. The first-order chi connectivity index (χ1) is 10.3. The monoisotopic (exact) mass is 294 g/mol. The van der Waals surface area contributed by atoms with E-state index in [-0.39, 0.29) is 16.2 Å². The van der Waals surface area contributed by atoms with Crippen LogP contribution >= 0.6 is 0 Å². The van der Waals surface area contributed by atoms with E-state index in [4.69, 9.17) is 4.74 Å². The van der Waals surface area contributed by atoms with E-state index in [1.54, 1.807) is 0 Å². The minimum Gasteiger partial charge on any atom is -0.457 e. The molecule has 1 nitrogen and oxygen atoms in total. The number of fused-ring (bicyclic) bond motifs is 2. The van der Waals surface area contributed by atoms with Crippen LogP contribution in [0.25, 0.3) is 0 Å². The average Bonchev–Trinajstić information content (AvgIpc) is 2.68. The number of rotatable bonds is 0. The number of para-hydroxylation sites is 1. The summed E-state index contributed by atoms with van der Waals surface area (Å²) in [6.45, 7) is 13.6. The zero-order valence-corrected chi connectivity index (χ0v) is 14.5. The molecule has 0 N–H and O–H groups in total. The molecular weight excluding hydrogens is 268 g/mol. The molecule has 1 aromatic carbocycles. The molecule has 1 aliphatic carbocycles. The zero-order valence-electron chi connectivity index (χ0n) is 14.5. The van der Waals surface area contributed by atoms with Crippen LogP contribution in [0.1, 0.15) is 47.1 Å². The molecule has 0 saturated carbocycles. The van der Waals surface area contributed by atoms with Crippen molar-refractivity contribution in [3.8, 4) is 5.75 Å². The van der Waals surface area contributed by atoms with Crippen molar-refractivity contribution >= 4 is 0 Å². The van der Waals surface area contributed by atoms with Crippen LogP contribution in [0.2, 0.25) is 0 Å². The first kappa shape index (κ1) is 15.1. The van der Waals surface area contributed by atoms with E-state index in [9.17, 15) is 0 Å². The Morgan fingerprint density at radius 1 is 0.864 bits per heavy atom. The molecule has 1 heteroatoms. The zero-order chi connectivity index (χ0) is 16.2. The van der Waals surface area contributed by atoms with Crippen molar-refractivity contribution in [1.29, 1.82) is 0 Å². The van der Waals surface area contributed by atoms with Crippen molar-refractivity contribution in [1.82, 2.24) is 0 Å². The normalized spacial score (nSPS) is 27.2. The lowest BCUT2D eigenvalue weighted by Crippen LogP contribution is -2.51. The van der Waals surface area contributed by atoms with Crippen LogP contribution < -0.4 is 4.74 Å². The predicted molar refractivity (Wildman–Crippen MR) is 93.0 cm³/mol. The summed E-state index contributed by atoms with van der Waals surface area (Å²) in [6, 6.07) is 8.52. The fraction of sp³-hybridized carbons (Fsp3) is 0.429. The van der Waals surface area contributed by atoms with Crippen LogP contribution in [0.3, 0.4) is 0 Å². The Morgan fingerprint density at radius 2 is 1.45 bits per heavy atom. The summed E-state index contributed by atoms with van der Waals surface area (Å²) in [5, 5.41) is 0. The van der Waals surface area contributed by atoms with Gasteiger partial charge >= 0.3 is 0 Å². The van der Waals surface area contributed by atoms with Gasteiger partial charge in [0.15, 0.2) is 0 Å². The largest absolute Gasteiger partial charge is 0.457 e. The van der Waals surface area contributed by atoms with Gasteiger partial charge in [0, 0.05) is 16.6 Å². The quantitative estimate of drug-likeness (QED) is 0.550. The summed E-state index contributed by atoms with van der Waals surface area (Å²) >= 11 is 0. The van der Waals surface area contributed by atoms with Crippen LogP contribution in [0, 0.1) is 10.8 Å². The molecular formula is C21H26O. The standard InChI is InChI=1S/C21H26O/c1-7-15-17(8-2)22-18-12-10-9-11-16(18)21(15)19(3,4)13-14-20(21,5)6/h7-14H,1-6H3/b15-7+,17-8+. The Bertz CT molecular complexity index is 680. The van der Waals surface area contributed by atoms with Crippen LogP contribution in [0.4, 0.5) is 0 Å². The highest BCUT2D eigenvalue weighted by atomic mass is 16.5. The third-order valence-electron chi connectivity index (χ3n) is 5.58. The maximum atomic E-state index is 6.22. The van der Waals surface area contributed by atoms with Crippen molar-refractivity contribution in [2.45, 2.75) is 47.0 Å². The molecule has 0 atom stereocenters. The number of hydrogen-bond donors (Lipinski definition) is 0. The van der Waals surface area contributed by atoms with Crippen molar-refractivity contribution < 1.29 is 4.74 Å². The average molecular weight is 294 g/mol. The Labute approximate surface area is 134 Å². The van der Waals surface area contributed by atoms with Gasteiger partial charge in [-0.05, 0) is 36.8 Å². The van der Waals surface area contributed by atoms with Crippen molar-refractivity contribution in [3.63, 3.8) is 0 Å². The molecule has 0 amide bonds. The minimum absolute atomic E-state index is 0.0203. The van der Waals surface area contributed by atoms with Gasteiger partial charge in [-0.1, -0.05) is 64.1 Å². The van der Waals surface area contributed by atoms with Gasteiger partial charge in [0.05, 0.1) is 0 Å². The Kier molecular flexibility index (Phi) is 3.18. The Hall–Kier alpha value is -1.76. The van der Waals surface area contributed by atoms with E-state index < -0.39 is 0 Å². The van der Waals surface area contributed by atoms with Crippen molar-refractivity contribution in [2.24, 2.45) is 10.8 Å². The number of benzene rings is 1. The molecule has 0 unspecified atom stereocenters. The molecule has 116 valence electrons. The molecule has 3 rings (SSSR count). The van der Waals surface area contributed by atoms with Gasteiger partial charge in [0.25, 0.3) is 0 Å². The van der Waals surface area contributed by atoms with E-state index in [1.807, 2.05) is 0 Å². The van der Waals surface area contributed by atoms with Crippen LogP contribution in [0.15, 0.2) is 59.9 Å². The fourth-order valence-corrected chi connectivity index (χ4v) is 4.83. The first-order valence-corrected chi connectivity index (χ1v) is 8.13. The molecule has 0 radical (unpaired) electrons. The van der Waals surface area contributed by atoms with Crippen LogP contribution in [0.5, 0.6) is 5.75 Å². The molecule has 0 saturated heterocycles. The third-order valence-corrected chi connectivity index (χ3v) is 5.58. The van der Waals surface area contributed by atoms with Crippen LogP contribution in [-0.4, -0.2) is 0 Å². The molecule has 0 bridgehead atoms. The SMILES string of the molecule is C/C=C1\C(=C/C)Oc2ccccc2C12C(C)(C)C=CC2(C)C. The third kappa shape index (κ3) is 1.60. The number of ether oxygens (including phenoxy) is 1. The molecule has 1 spiro atoms. The summed E-state index contributed by atoms with van der Waals surface area (Å²) in [6.07, 6.45) is 9.09. The topological polar surface area (TPSA) is 9.23 Å². The number of hydrogen-bond acceptors (Lipinski definition) is 1. The molecule has 1 heterocycles. The first-order valence-electron chi connectivity index (χ1n) is 8.13. The molecule has 0 fully saturated rings. The van der Waals surface area contributed by atoms with Gasteiger partial charge in [-0.3, -0.25) is 0 Å². The van der Waals surface area contributed by atoms with Crippen molar-refractivity contribution in [2.75, 3.05) is 0 Å². The Balaban J connectivity index is 2.46. The van der Waals surface area contributed by atoms with Gasteiger partial charge in [-0.2, -0.15) is 0 Å². The maximum absolute atomic E-state index is 6.22. The fourth-order valence-electron chi connectivity index (χ4n) is 4.83. The van der Waals surface area contributed by atoms with Gasteiger partial charge in [0.2, 0.25) is 0 Å². The second kappa shape index (κ2) is 4.62. The maximum Gasteiger partial charge on any atom is 0.131 e. The van der Waals surface area contributed by atoms with E-state index in [1.165, 1.54) is 11.1 Å². The van der Waals surface area contributed by atoms with Gasteiger partial charge < -0.3 is 4.74 Å². The second-order valence-corrected chi connectivity index (χ2v) is 7.48. The summed E-state index contributed by atoms with van der Waals surface area (Å²) in [7, 11) is 0. The van der Waals surface area contributed by atoms with E-state index in [0.717, 1.165) is 11.5 Å². The van der Waals surface area contributed by atoms with E-state index in [2.05, 4.69) is 90.1 Å². The highest BCUT2D eigenvalue weighted by Crippen LogP contribution is 2.67. The minimum atomic E-state index is -0.106. The Morgan fingerprint density at radius 3 is 2.00 bits per heavy atom. The van der Waals surface area contributed by atoms with Gasteiger partial charge in [0.1, 0.15) is 11.5 Å². The summed E-state index contributed by atoms with van der Waals surface area (Å²) in [5.74, 6) is 1.98. The lowest BCUT2D eigenvalue weighted by molar-refractivity contribution is 0.141. The summed E-state index contributed by atoms with van der Waals surface area (Å²) < 4.78 is 6.22. The lowest BCUT2D eigenvalue weighted by Gasteiger charge is -2.54. The van der Waals surface area contributed by atoms with E-state index >= 15 is 0 Å². The van der Waals surface area contributed by atoms with Gasteiger partial charge in [-0.25, -0.2) is 0 Å².